The molecule has 0 spiro atoms. The van der Waals surface area contributed by atoms with E-state index in [-0.39, 0.29) is 0 Å². The highest BCUT2D eigenvalue weighted by Crippen LogP contribution is 2.27. The molecule has 0 saturated carbocycles. The number of nitrogens with zero attached hydrogens (tertiary/aromatic N) is 2. The quantitative estimate of drug-likeness (QED) is 0.531. The zero-order chi connectivity index (χ0) is 19.1. The van der Waals surface area contributed by atoms with Gasteiger partial charge in [0.15, 0.2) is 0 Å². The van der Waals surface area contributed by atoms with Crippen molar-refractivity contribution in [1.82, 2.24) is 14.6 Å². The summed E-state index contributed by atoms with van der Waals surface area (Å²) in [4.78, 5) is 30.9. The van der Waals surface area contributed by atoms with Gasteiger partial charge >= 0.3 is 11.2 Å². The highest BCUT2D eigenvalue weighted by atomic mass is 35.5. The average molecular weight is 383 g/mol. The maximum absolute atomic E-state index is 12.8. The van der Waals surface area contributed by atoms with Gasteiger partial charge in [-0.3, -0.25) is 4.79 Å². The monoisotopic (exact) mass is 382 g/mol. The van der Waals surface area contributed by atoms with Gasteiger partial charge < -0.3 is 9.97 Å². The first-order valence-electron chi connectivity index (χ1n) is 8.79. The summed E-state index contributed by atoms with van der Waals surface area (Å²) in [6.07, 6.45) is 6.44. The molecule has 1 atom stereocenters. The van der Waals surface area contributed by atoms with Crippen LogP contribution in [0.15, 0.2) is 56.7 Å². The molecule has 1 aromatic carbocycles. The van der Waals surface area contributed by atoms with Crippen LogP contribution in [0.4, 0.5) is 0 Å². The largest absolute Gasteiger partial charge is 0.350 e. The Morgan fingerprint density at radius 1 is 1.33 bits per heavy atom. The second-order valence-electron chi connectivity index (χ2n) is 6.95. The van der Waals surface area contributed by atoms with Crippen molar-refractivity contribution in [1.29, 1.82) is 0 Å². The number of H-pyrrole nitrogens is 2. The van der Waals surface area contributed by atoms with Crippen LogP contribution in [0.2, 0.25) is 5.02 Å². The van der Waals surface area contributed by atoms with Crippen molar-refractivity contribution >= 4 is 39.8 Å². The molecule has 0 amide bonds. The molecule has 0 fully saturated rings. The summed E-state index contributed by atoms with van der Waals surface area (Å²) in [5, 5.41) is 5.36. The molecule has 6 nitrogen and oxygen atoms in total. The summed E-state index contributed by atoms with van der Waals surface area (Å²) in [6.45, 7) is 6.05. The minimum atomic E-state index is -0.583. The lowest BCUT2D eigenvalue weighted by molar-refractivity contribution is 0.548. The molecule has 0 saturated heterocycles. The first kappa shape index (κ1) is 17.5. The molecule has 138 valence electrons. The van der Waals surface area contributed by atoms with Gasteiger partial charge in [-0.15, -0.1) is 4.68 Å². The van der Waals surface area contributed by atoms with Gasteiger partial charge in [-0.1, -0.05) is 29.8 Å². The average Bonchev–Trinajstić information content (AvgIpc) is 3.00. The van der Waals surface area contributed by atoms with Crippen LogP contribution in [0.1, 0.15) is 26.2 Å². The van der Waals surface area contributed by atoms with Gasteiger partial charge in [0.1, 0.15) is 5.52 Å². The Morgan fingerprint density at radius 3 is 2.85 bits per heavy atom. The second-order valence-corrected chi connectivity index (χ2v) is 7.39. The zero-order valence-corrected chi connectivity index (χ0v) is 15.6. The van der Waals surface area contributed by atoms with E-state index in [9.17, 15) is 9.59 Å². The van der Waals surface area contributed by atoms with Crippen molar-refractivity contribution in [2.75, 3.05) is 0 Å². The van der Waals surface area contributed by atoms with Crippen molar-refractivity contribution in [2.45, 2.75) is 26.2 Å². The van der Waals surface area contributed by atoms with Gasteiger partial charge in [-0.05, 0) is 55.9 Å². The topological polar surface area (TPSA) is 83.0 Å². The number of benzene rings is 1. The number of nitrogens with one attached hydrogen (secondary N) is 2. The van der Waals surface area contributed by atoms with Crippen molar-refractivity contribution in [3.05, 3.63) is 67.9 Å². The number of halogens is 1. The molecule has 1 aliphatic carbocycles. The third-order valence-corrected chi connectivity index (χ3v) is 5.31. The number of hydrogen-bond donors (Lipinski definition) is 2. The molecule has 4 rings (SSSR count). The maximum Gasteiger partial charge on any atom is 0.350 e. The normalized spacial score (nSPS) is 17.7. The summed E-state index contributed by atoms with van der Waals surface area (Å²) in [5.74, 6) is 0.489. The molecule has 3 aromatic rings. The molecular formula is C20H19ClN4O2. The third kappa shape index (κ3) is 3.17. The molecule has 7 heteroatoms. The first-order valence-corrected chi connectivity index (χ1v) is 9.17. The lowest BCUT2D eigenvalue weighted by Crippen LogP contribution is -2.32. The number of allylic oxidation sites excluding steroid dienone is 3. The van der Waals surface area contributed by atoms with Crippen LogP contribution in [0.25, 0.3) is 21.9 Å². The van der Waals surface area contributed by atoms with Crippen molar-refractivity contribution < 1.29 is 0 Å². The number of aromatic amines is 2. The van der Waals surface area contributed by atoms with E-state index in [4.69, 9.17) is 11.6 Å². The van der Waals surface area contributed by atoms with E-state index in [2.05, 4.69) is 27.7 Å². The van der Waals surface area contributed by atoms with Crippen molar-refractivity contribution in [2.24, 2.45) is 11.0 Å². The number of hydrogen-bond acceptors (Lipinski definition) is 3. The van der Waals surface area contributed by atoms with Gasteiger partial charge in [0.2, 0.25) is 0 Å². The highest BCUT2D eigenvalue weighted by molar-refractivity contribution is 6.31. The standard InChI is InChI=1S/C20H19ClN4O2/c1-11(2)13-5-3-12(4-6-13)10-22-25-19(26)18-17(24-20(25)27)15-9-14(21)7-8-16(15)23-18/h3,7-10,13,23H,1,4-6H2,2H3,(H,24,27)/b22-10-/t13-/m1/s1. The number of rotatable bonds is 3. The molecule has 2 N–H and O–H groups in total. The van der Waals surface area contributed by atoms with Crippen molar-refractivity contribution in [3.63, 3.8) is 0 Å². The van der Waals surface area contributed by atoms with Gasteiger partial charge in [-0.2, -0.15) is 5.10 Å². The first-order chi connectivity index (χ1) is 12.9. The molecule has 1 aliphatic rings. The summed E-state index contributed by atoms with van der Waals surface area (Å²) in [6, 6.07) is 5.21. The van der Waals surface area contributed by atoms with E-state index in [1.54, 1.807) is 24.4 Å². The van der Waals surface area contributed by atoms with E-state index in [0.717, 1.165) is 35.0 Å². The molecule has 2 aromatic heterocycles. The summed E-state index contributed by atoms with van der Waals surface area (Å²) in [5.41, 5.74) is 2.58. The van der Waals surface area contributed by atoms with E-state index >= 15 is 0 Å². The fraction of sp³-hybridized carbons (Fsp3) is 0.250. The van der Waals surface area contributed by atoms with Gasteiger partial charge in [0.25, 0.3) is 0 Å². The summed E-state index contributed by atoms with van der Waals surface area (Å²) < 4.78 is 0.852. The Hall–Kier alpha value is -2.86. The summed E-state index contributed by atoms with van der Waals surface area (Å²) in [7, 11) is 0. The Morgan fingerprint density at radius 2 is 2.15 bits per heavy atom. The molecule has 2 heterocycles. The Balaban J connectivity index is 1.75. The maximum atomic E-state index is 12.8. The van der Waals surface area contributed by atoms with Gasteiger partial charge in [-0.25, -0.2) is 4.79 Å². The molecule has 0 unspecified atom stereocenters. The summed E-state index contributed by atoms with van der Waals surface area (Å²) >= 11 is 6.03. The predicted molar refractivity (Wildman–Crippen MR) is 110 cm³/mol. The van der Waals surface area contributed by atoms with Crippen molar-refractivity contribution in [3.8, 4) is 0 Å². The van der Waals surface area contributed by atoms with Crippen LogP contribution < -0.4 is 11.2 Å². The van der Waals surface area contributed by atoms with Crippen LogP contribution in [0, 0.1) is 5.92 Å². The predicted octanol–water partition coefficient (Wildman–Crippen LogP) is 3.96. The highest BCUT2D eigenvalue weighted by Gasteiger charge is 2.15. The van der Waals surface area contributed by atoms with Crippen LogP contribution >= 0.6 is 11.6 Å². The Kier molecular flexibility index (Phi) is 4.36. The van der Waals surface area contributed by atoms with Crippen LogP contribution in [-0.4, -0.2) is 20.9 Å². The lowest BCUT2D eigenvalue weighted by atomic mass is 9.86. The molecule has 0 aliphatic heterocycles. The number of aromatic nitrogens is 3. The van der Waals surface area contributed by atoms with Gasteiger partial charge in [0.05, 0.1) is 11.7 Å². The minimum Gasteiger partial charge on any atom is -0.349 e. The van der Waals surface area contributed by atoms with Crippen LogP contribution in [0.5, 0.6) is 0 Å². The molecular weight excluding hydrogens is 364 g/mol. The van der Waals surface area contributed by atoms with E-state index in [1.807, 2.05) is 6.92 Å². The van der Waals surface area contributed by atoms with E-state index in [1.165, 1.54) is 5.57 Å². The smallest absolute Gasteiger partial charge is 0.349 e. The van der Waals surface area contributed by atoms with Crippen LogP contribution in [0.3, 0.4) is 0 Å². The molecule has 0 radical (unpaired) electrons. The van der Waals surface area contributed by atoms with Crippen LogP contribution in [-0.2, 0) is 0 Å². The SMILES string of the molecule is C=C(C)[C@@H]1CC=C(/C=N\n2c(=O)[nH]c3c([nH]c4ccc(Cl)cc43)c2=O)CC1. The van der Waals surface area contributed by atoms with E-state index < -0.39 is 11.2 Å². The van der Waals surface area contributed by atoms with E-state index in [0.29, 0.717) is 27.4 Å². The Labute approximate surface area is 159 Å². The Bertz CT molecular complexity index is 1240. The fourth-order valence-electron chi connectivity index (χ4n) is 3.47. The molecule has 0 bridgehead atoms. The second kappa shape index (κ2) is 6.70. The zero-order valence-electron chi connectivity index (χ0n) is 14.9. The third-order valence-electron chi connectivity index (χ3n) is 5.07. The minimum absolute atomic E-state index is 0.295. The van der Waals surface area contributed by atoms with Gasteiger partial charge in [0, 0.05) is 15.9 Å². The molecule has 27 heavy (non-hydrogen) atoms. The fourth-order valence-corrected chi connectivity index (χ4v) is 3.64. The number of fused-ring (bicyclic) bond motifs is 3. The lowest BCUT2D eigenvalue weighted by Gasteiger charge is -2.20.